The van der Waals surface area contributed by atoms with Crippen LogP contribution in [-0.2, 0) is 6.42 Å². The van der Waals surface area contributed by atoms with E-state index in [1.54, 1.807) is 18.3 Å². The van der Waals surface area contributed by atoms with E-state index in [4.69, 9.17) is 0 Å². The van der Waals surface area contributed by atoms with Crippen molar-refractivity contribution in [1.29, 1.82) is 0 Å². The lowest BCUT2D eigenvalue weighted by Gasteiger charge is -2.16. The molecular weight excluding hydrogens is 291 g/mol. The van der Waals surface area contributed by atoms with E-state index in [0.717, 1.165) is 30.9 Å². The molecule has 0 N–H and O–H groups in total. The molecule has 1 atom stereocenters. The fourth-order valence-electron chi connectivity index (χ4n) is 3.02. The van der Waals surface area contributed by atoms with Gasteiger partial charge in [-0.3, -0.25) is 0 Å². The van der Waals surface area contributed by atoms with E-state index in [9.17, 15) is 13.2 Å². The number of likely N-dealkylation sites (N-methyl/N-ethyl adjacent to an activating group) is 1. The minimum absolute atomic E-state index is 0.267. The molecule has 2 aromatic rings. The first kappa shape index (κ1) is 15.1. The maximum absolute atomic E-state index is 12.6. The zero-order chi connectivity index (χ0) is 15.7. The third-order valence-corrected chi connectivity index (χ3v) is 4.02. The maximum Gasteiger partial charge on any atom is 0.393 e. The third-order valence-electron chi connectivity index (χ3n) is 4.02. The van der Waals surface area contributed by atoms with Crippen LogP contribution in [0.2, 0.25) is 0 Å². The van der Waals surface area contributed by atoms with Gasteiger partial charge in [-0.2, -0.15) is 13.2 Å². The molecule has 22 heavy (non-hydrogen) atoms. The Morgan fingerprint density at radius 2 is 2.14 bits per heavy atom. The average molecular weight is 309 g/mol. The summed E-state index contributed by atoms with van der Waals surface area (Å²) in [7, 11) is 2.07. The van der Waals surface area contributed by atoms with Crippen molar-refractivity contribution in [2.45, 2.75) is 25.1 Å². The lowest BCUT2D eigenvalue weighted by molar-refractivity contribution is -0.127. The summed E-state index contributed by atoms with van der Waals surface area (Å²) in [6, 6.07) is 6.90. The number of halogens is 3. The van der Waals surface area contributed by atoms with Gasteiger partial charge in [0.1, 0.15) is 5.82 Å². The Hall–Kier alpha value is -1.82. The van der Waals surface area contributed by atoms with Gasteiger partial charge in [0.2, 0.25) is 0 Å². The van der Waals surface area contributed by atoms with E-state index >= 15 is 0 Å². The zero-order valence-corrected chi connectivity index (χ0v) is 12.3. The van der Waals surface area contributed by atoms with E-state index in [1.807, 2.05) is 12.3 Å². The molecule has 1 aliphatic rings. The number of rotatable bonds is 3. The molecule has 0 bridgehead atoms. The van der Waals surface area contributed by atoms with Gasteiger partial charge in [0.25, 0.3) is 0 Å². The Labute approximate surface area is 127 Å². The molecule has 0 radical (unpaired) electrons. The molecule has 1 saturated heterocycles. The van der Waals surface area contributed by atoms with Gasteiger partial charge in [-0.05, 0) is 31.6 Å². The Morgan fingerprint density at radius 3 is 2.82 bits per heavy atom. The Kier molecular flexibility index (Phi) is 3.95. The minimum atomic E-state index is -4.19. The van der Waals surface area contributed by atoms with E-state index < -0.39 is 12.6 Å². The molecule has 1 unspecified atom stereocenters. The highest BCUT2D eigenvalue weighted by Gasteiger charge is 2.28. The van der Waals surface area contributed by atoms with E-state index in [0.29, 0.717) is 6.04 Å². The van der Waals surface area contributed by atoms with Gasteiger partial charge in [-0.15, -0.1) is 0 Å². The SMILES string of the molecule is CN1CCC(n2ccnc2-c2cccc(CC(F)(F)F)c2)C1. The lowest BCUT2D eigenvalue weighted by Crippen LogP contribution is -2.16. The van der Waals surface area contributed by atoms with Gasteiger partial charge < -0.3 is 9.47 Å². The zero-order valence-electron chi connectivity index (χ0n) is 12.3. The molecule has 118 valence electrons. The Bertz CT molecular complexity index is 648. The van der Waals surface area contributed by atoms with Crippen molar-refractivity contribution in [1.82, 2.24) is 14.5 Å². The number of alkyl halides is 3. The highest BCUT2D eigenvalue weighted by atomic mass is 19.4. The molecule has 0 aliphatic carbocycles. The second-order valence-electron chi connectivity index (χ2n) is 5.86. The normalized spacial score (nSPS) is 19.7. The first-order valence-electron chi connectivity index (χ1n) is 7.30. The summed E-state index contributed by atoms with van der Waals surface area (Å²) in [6.07, 6.45) is -0.447. The molecule has 0 amide bonds. The van der Waals surface area contributed by atoms with E-state index in [2.05, 4.69) is 21.5 Å². The van der Waals surface area contributed by atoms with Crippen LogP contribution in [0.1, 0.15) is 18.0 Å². The number of benzene rings is 1. The first-order chi connectivity index (χ1) is 10.4. The fraction of sp³-hybridized carbons (Fsp3) is 0.438. The van der Waals surface area contributed by atoms with Crippen LogP contribution in [0.15, 0.2) is 36.7 Å². The van der Waals surface area contributed by atoms with Crippen LogP contribution < -0.4 is 0 Å². The second-order valence-corrected chi connectivity index (χ2v) is 5.86. The summed E-state index contributed by atoms with van der Waals surface area (Å²) in [5.41, 5.74) is 1.00. The second kappa shape index (κ2) is 5.76. The van der Waals surface area contributed by atoms with Crippen LogP contribution in [0.4, 0.5) is 13.2 Å². The van der Waals surface area contributed by atoms with E-state index in [1.165, 1.54) is 6.07 Å². The van der Waals surface area contributed by atoms with Gasteiger partial charge in [-0.25, -0.2) is 4.98 Å². The van der Waals surface area contributed by atoms with Crippen LogP contribution in [0.5, 0.6) is 0 Å². The summed E-state index contributed by atoms with van der Waals surface area (Å²) in [5, 5.41) is 0. The van der Waals surface area contributed by atoms with Crippen LogP contribution in [-0.4, -0.2) is 40.8 Å². The molecule has 3 nitrogen and oxygen atoms in total. The van der Waals surface area contributed by atoms with Crippen molar-refractivity contribution < 1.29 is 13.2 Å². The molecule has 6 heteroatoms. The number of likely N-dealkylation sites (tertiary alicyclic amines) is 1. The van der Waals surface area contributed by atoms with Crippen molar-refractivity contribution in [2.24, 2.45) is 0 Å². The van der Waals surface area contributed by atoms with Gasteiger partial charge in [0.15, 0.2) is 0 Å². The van der Waals surface area contributed by atoms with Crippen LogP contribution in [0, 0.1) is 0 Å². The number of nitrogens with zero attached hydrogens (tertiary/aromatic N) is 3. The fourth-order valence-corrected chi connectivity index (χ4v) is 3.02. The predicted octanol–water partition coefficient (Wildman–Crippen LogP) is 3.53. The number of aromatic nitrogens is 2. The molecule has 1 aliphatic heterocycles. The van der Waals surface area contributed by atoms with Gasteiger partial charge in [-0.1, -0.05) is 18.2 Å². The van der Waals surface area contributed by atoms with Crippen LogP contribution in [0.3, 0.4) is 0 Å². The van der Waals surface area contributed by atoms with Gasteiger partial charge >= 0.3 is 6.18 Å². The molecule has 2 heterocycles. The maximum atomic E-state index is 12.6. The summed E-state index contributed by atoms with van der Waals surface area (Å²) >= 11 is 0. The largest absolute Gasteiger partial charge is 0.393 e. The Balaban J connectivity index is 1.89. The van der Waals surface area contributed by atoms with Crippen molar-refractivity contribution in [3.05, 3.63) is 42.2 Å². The molecule has 0 spiro atoms. The van der Waals surface area contributed by atoms with Crippen LogP contribution in [0.25, 0.3) is 11.4 Å². The quantitative estimate of drug-likeness (QED) is 0.865. The molecular formula is C16H18F3N3. The lowest BCUT2D eigenvalue weighted by atomic mass is 10.1. The molecule has 1 aromatic heterocycles. The molecule has 1 aromatic carbocycles. The Morgan fingerprint density at radius 1 is 1.32 bits per heavy atom. The minimum Gasteiger partial charge on any atom is -0.327 e. The van der Waals surface area contributed by atoms with E-state index in [-0.39, 0.29) is 5.56 Å². The highest BCUT2D eigenvalue weighted by molar-refractivity contribution is 5.57. The smallest absolute Gasteiger partial charge is 0.327 e. The first-order valence-corrected chi connectivity index (χ1v) is 7.30. The van der Waals surface area contributed by atoms with Gasteiger partial charge in [0, 0.05) is 30.5 Å². The average Bonchev–Trinajstić information content (AvgIpc) is 3.05. The summed E-state index contributed by atoms with van der Waals surface area (Å²) in [6.45, 7) is 1.96. The van der Waals surface area contributed by atoms with Crippen molar-refractivity contribution in [2.75, 3.05) is 20.1 Å². The topological polar surface area (TPSA) is 21.1 Å². The monoisotopic (exact) mass is 309 g/mol. The standard InChI is InChI=1S/C16H18F3N3/c1-21-7-5-14(11-21)22-8-6-20-15(22)13-4-2-3-12(9-13)10-16(17,18)19/h2-4,6,8-9,14H,5,7,10-11H2,1H3. The molecule has 1 fully saturated rings. The van der Waals surface area contributed by atoms with Crippen molar-refractivity contribution in [3.8, 4) is 11.4 Å². The van der Waals surface area contributed by atoms with Gasteiger partial charge in [0.05, 0.1) is 6.42 Å². The van der Waals surface area contributed by atoms with Crippen molar-refractivity contribution >= 4 is 0 Å². The summed E-state index contributed by atoms with van der Waals surface area (Å²) in [4.78, 5) is 6.60. The molecule has 3 rings (SSSR count). The number of hydrogen-bond donors (Lipinski definition) is 0. The predicted molar refractivity (Wildman–Crippen MR) is 78.6 cm³/mol. The third kappa shape index (κ3) is 3.32. The summed E-state index contributed by atoms with van der Waals surface area (Å²) in [5.74, 6) is 0.740. The molecule has 0 saturated carbocycles. The number of hydrogen-bond acceptors (Lipinski definition) is 2. The van der Waals surface area contributed by atoms with Crippen LogP contribution >= 0.6 is 0 Å². The number of imidazole rings is 1. The van der Waals surface area contributed by atoms with Crippen molar-refractivity contribution in [3.63, 3.8) is 0 Å². The summed E-state index contributed by atoms with van der Waals surface area (Å²) < 4.78 is 39.8. The highest BCUT2D eigenvalue weighted by Crippen LogP contribution is 2.28.